The zero-order valence-corrected chi connectivity index (χ0v) is 11.7. The number of carboxylic acid groups (broad SMARTS) is 1. The number of aromatic nitrogens is 2. The Hall–Kier alpha value is -2.43. The SMILES string of the molecule is O=C(O)c1cnc(Cc2ccccc2)nc1N1CCCC1. The number of hydrogen-bond donors (Lipinski definition) is 1. The predicted molar refractivity (Wildman–Crippen MR) is 79.7 cm³/mol. The Labute approximate surface area is 123 Å². The molecular formula is C16H17N3O2. The predicted octanol–water partition coefficient (Wildman–Crippen LogP) is 2.37. The number of carbonyl (C=O) groups is 1. The van der Waals surface area contributed by atoms with E-state index < -0.39 is 5.97 Å². The Bertz CT molecular complexity index is 637. The average Bonchev–Trinajstić information content (AvgIpc) is 3.02. The van der Waals surface area contributed by atoms with Gasteiger partial charge >= 0.3 is 5.97 Å². The maximum Gasteiger partial charge on any atom is 0.341 e. The molecule has 0 atom stereocenters. The van der Waals surface area contributed by atoms with Crippen LogP contribution < -0.4 is 4.90 Å². The van der Waals surface area contributed by atoms with Crippen molar-refractivity contribution in [2.24, 2.45) is 0 Å². The van der Waals surface area contributed by atoms with Crippen LogP contribution in [0.25, 0.3) is 0 Å². The molecule has 21 heavy (non-hydrogen) atoms. The van der Waals surface area contributed by atoms with Crippen LogP contribution in [0, 0.1) is 0 Å². The van der Waals surface area contributed by atoms with E-state index in [1.54, 1.807) is 0 Å². The average molecular weight is 283 g/mol. The fraction of sp³-hybridized carbons (Fsp3) is 0.312. The molecule has 0 radical (unpaired) electrons. The topological polar surface area (TPSA) is 66.3 Å². The van der Waals surface area contributed by atoms with Crippen LogP contribution in [0.4, 0.5) is 5.82 Å². The molecule has 0 unspecified atom stereocenters. The number of benzene rings is 1. The van der Waals surface area contributed by atoms with Crippen molar-refractivity contribution >= 4 is 11.8 Å². The van der Waals surface area contributed by atoms with E-state index in [0.717, 1.165) is 31.5 Å². The molecule has 5 heteroatoms. The first-order valence-corrected chi connectivity index (χ1v) is 7.12. The van der Waals surface area contributed by atoms with Gasteiger partial charge in [-0.2, -0.15) is 0 Å². The zero-order valence-electron chi connectivity index (χ0n) is 11.7. The Morgan fingerprint density at radius 1 is 1.19 bits per heavy atom. The van der Waals surface area contributed by atoms with E-state index in [1.807, 2.05) is 35.2 Å². The summed E-state index contributed by atoms with van der Waals surface area (Å²) in [6.07, 6.45) is 4.21. The van der Waals surface area contributed by atoms with Crippen molar-refractivity contribution in [3.63, 3.8) is 0 Å². The van der Waals surface area contributed by atoms with E-state index >= 15 is 0 Å². The Morgan fingerprint density at radius 3 is 2.57 bits per heavy atom. The first-order valence-electron chi connectivity index (χ1n) is 7.12. The highest BCUT2D eigenvalue weighted by Crippen LogP contribution is 2.22. The van der Waals surface area contributed by atoms with Gasteiger partial charge in [0.15, 0.2) is 0 Å². The molecule has 1 saturated heterocycles. The molecule has 3 rings (SSSR count). The van der Waals surface area contributed by atoms with Gasteiger partial charge in [0.05, 0.1) is 0 Å². The van der Waals surface area contributed by atoms with Gasteiger partial charge in [-0.05, 0) is 18.4 Å². The van der Waals surface area contributed by atoms with E-state index in [1.165, 1.54) is 6.20 Å². The maximum atomic E-state index is 11.3. The lowest BCUT2D eigenvalue weighted by Crippen LogP contribution is -2.23. The number of carboxylic acids is 1. The molecule has 1 aromatic carbocycles. The quantitative estimate of drug-likeness (QED) is 0.933. The molecule has 1 aliphatic rings. The summed E-state index contributed by atoms with van der Waals surface area (Å²) in [7, 11) is 0. The second-order valence-corrected chi connectivity index (χ2v) is 5.19. The molecule has 0 saturated carbocycles. The molecule has 108 valence electrons. The highest BCUT2D eigenvalue weighted by Gasteiger charge is 2.21. The summed E-state index contributed by atoms with van der Waals surface area (Å²) >= 11 is 0. The molecule has 1 N–H and O–H groups in total. The second kappa shape index (κ2) is 5.91. The lowest BCUT2D eigenvalue weighted by molar-refractivity contribution is 0.0696. The van der Waals surface area contributed by atoms with E-state index in [2.05, 4.69) is 9.97 Å². The highest BCUT2D eigenvalue weighted by molar-refractivity contribution is 5.93. The molecule has 2 heterocycles. The third-order valence-corrected chi connectivity index (χ3v) is 3.66. The second-order valence-electron chi connectivity index (χ2n) is 5.19. The summed E-state index contributed by atoms with van der Waals surface area (Å²) in [5, 5.41) is 9.30. The van der Waals surface area contributed by atoms with Crippen molar-refractivity contribution in [3.8, 4) is 0 Å². The number of aromatic carboxylic acids is 1. The summed E-state index contributed by atoms with van der Waals surface area (Å²) in [6, 6.07) is 9.95. The molecule has 2 aromatic rings. The third kappa shape index (κ3) is 3.02. The Kier molecular flexibility index (Phi) is 3.81. The maximum absolute atomic E-state index is 11.3. The van der Waals surface area contributed by atoms with Crippen LogP contribution in [0.15, 0.2) is 36.5 Å². The fourth-order valence-electron chi connectivity index (χ4n) is 2.59. The Morgan fingerprint density at radius 2 is 1.90 bits per heavy atom. The van der Waals surface area contributed by atoms with Gasteiger partial charge in [0.1, 0.15) is 17.2 Å². The van der Waals surface area contributed by atoms with Gasteiger partial charge in [-0.1, -0.05) is 30.3 Å². The number of anilines is 1. The monoisotopic (exact) mass is 283 g/mol. The molecular weight excluding hydrogens is 266 g/mol. The van der Waals surface area contributed by atoms with Gasteiger partial charge in [-0.3, -0.25) is 0 Å². The first-order chi connectivity index (χ1) is 10.2. The lowest BCUT2D eigenvalue weighted by Gasteiger charge is -2.18. The van der Waals surface area contributed by atoms with E-state index in [4.69, 9.17) is 0 Å². The highest BCUT2D eigenvalue weighted by atomic mass is 16.4. The van der Waals surface area contributed by atoms with Crippen LogP contribution in [0.3, 0.4) is 0 Å². The van der Waals surface area contributed by atoms with Gasteiger partial charge in [-0.15, -0.1) is 0 Å². The minimum absolute atomic E-state index is 0.189. The van der Waals surface area contributed by atoms with Crippen LogP contribution in [0.1, 0.15) is 34.6 Å². The lowest BCUT2D eigenvalue weighted by atomic mass is 10.1. The van der Waals surface area contributed by atoms with Gasteiger partial charge in [0.2, 0.25) is 0 Å². The summed E-state index contributed by atoms with van der Waals surface area (Å²) in [4.78, 5) is 22.1. The number of hydrogen-bond acceptors (Lipinski definition) is 4. The van der Waals surface area contributed by atoms with Crippen molar-refractivity contribution in [2.45, 2.75) is 19.3 Å². The van der Waals surface area contributed by atoms with Gasteiger partial charge in [0.25, 0.3) is 0 Å². The molecule has 1 fully saturated rings. The van der Waals surface area contributed by atoms with Crippen molar-refractivity contribution in [2.75, 3.05) is 18.0 Å². The van der Waals surface area contributed by atoms with Gasteiger partial charge in [-0.25, -0.2) is 14.8 Å². The third-order valence-electron chi connectivity index (χ3n) is 3.66. The normalized spacial score (nSPS) is 14.4. The molecule has 0 bridgehead atoms. The first kappa shape index (κ1) is 13.5. The smallest absolute Gasteiger partial charge is 0.341 e. The van der Waals surface area contributed by atoms with Crippen molar-refractivity contribution in [1.82, 2.24) is 9.97 Å². The standard InChI is InChI=1S/C16H17N3O2/c20-16(21)13-11-17-14(10-12-6-2-1-3-7-12)18-15(13)19-8-4-5-9-19/h1-3,6-7,11H,4-5,8-10H2,(H,20,21). The van der Waals surface area contributed by atoms with Crippen LogP contribution in [0.5, 0.6) is 0 Å². The van der Waals surface area contributed by atoms with Crippen LogP contribution >= 0.6 is 0 Å². The van der Waals surface area contributed by atoms with E-state index in [-0.39, 0.29) is 5.56 Å². The molecule has 1 aliphatic heterocycles. The molecule has 0 aliphatic carbocycles. The molecule has 1 aromatic heterocycles. The summed E-state index contributed by atoms with van der Waals surface area (Å²) in [6.45, 7) is 1.73. The molecule has 5 nitrogen and oxygen atoms in total. The number of nitrogens with zero attached hydrogens (tertiary/aromatic N) is 3. The largest absolute Gasteiger partial charge is 0.477 e. The summed E-state index contributed by atoms with van der Waals surface area (Å²) in [5.41, 5.74) is 1.31. The van der Waals surface area contributed by atoms with Crippen LogP contribution in [-0.2, 0) is 6.42 Å². The number of rotatable bonds is 4. The molecule has 0 spiro atoms. The van der Waals surface area contributed by atoms with E-state index in [0.29, 0.717) is 18.1 Å². The van der Waals surface area contributed by atoms with Crippen molar-refractivity contribution in [3.05, 3.63) is 53.5 Å². The zero-order chi connectivity index (χ0) is 14.7. The van der Waals surface area contributed by atoms with Crippen molar-refractivity contribution < 1.29 is 9.90 Å². The van der Waals surface area contributed by atoms with Gasteiger partial charge in [0, 0.05) is 25.7 Å². The van der Waals surface area contributed by atoms with E-state index in [9.17, 15) is 9.90 Å². The minimum Gasteiger partial charge on any atom is -0.477 e. The van der Waals surface area contributed by atoms with Crippen LogP contribution in [-0.4, -0.2) is 34.1 Å². The van der Waals surface area contributed by atoms with Crippen molar-refractivity contribution in [1.29, 1.82) is 0 Å². The summed E-state index contributed by atoms with van der Waals surface area (Å²) in [5.74, 6) is 0.247. The summed E-state index contributed by atoms with van der Waals surface area (Å²) < 4.78 is 0. The van der Waals surface area contributed by atoms with Crippen LogP contribution in [0.2, 0.25) is 0 Å². The fourth-order valence-corrected chi connectivity index (χ4v) is 2.59. The minimum atomic E-state index is -0.969. The molecule has 0 amide bonds. The van der Waals surface area contributed by atoms with Gasteiger partial charge < -0.3 is 10.0 Å². The Balaban J connectivity index is 1.92.